The molecule has 0 saturated carbocycles. The molecule has 1 N–H and O–H groups in total. The second kappa shape index (κ2) is 9.13. The predicted molar refractivity (Wildman–Crippen MR) is 118 cm³/mol. The number of Topliss-reactive ketones (excluding diaryl/α,β-unsaturated/α-hetero) is 1. The molecule has 10 nitrogen and oxygen atoms in total. The molecule has 0 radical (unpaired) electrons. The number of aromatic nitrogens is 2. The van der Waals surface area contributed by atoms with Gasteiger partial charge in [0.2, 0.25) is 17.6 Å². The Balaban J connectivity index is 1.32. The number of ketones is 1. The summed E-state index contributed by atoms with van der Waals surface area (Å²) in [6.45, 7) is 4.82. The monoisotopic (exact) mass is 473 g/mol. The van der Waals surface area contributed by atoms with E-state index in [1.807, 2.05) is 13.8 Å². The molecule has 1 saturated heterocycles. The highest BCUT2D eigenvalue weighted by Crippen LogP contribution is 2.25. The van der Waals surface area contributed by atoms with Crippen LogP contribution in [0.15, 0.2) is 27.4 Å². The fraction of sp³-hybridized carbons (Fsp3) is 0.522. The molecule has 1 aromatic carbocycles. The fourth-order valence-corrected chi connectivity index (χ4v) is 4.43. The van der Waals surface area contributed by atoms with E-state index < -0.39 is 23.1 Å². The number of rotatable bonds is 7. The highest BCUT2D eigenvalue weighted by molar-refractivity contribution is 5.98. The number of carbonyl (C=O) groups excluding carboxylic acids is 3. The Morgan fingerprint density at radius 1 is 1.21 bits per heavy atom. The Morgan fingerprint density at radius 3 is 2.65 bits per heavy atom. The van der Waals surface area contributed by atoms with Crippen molar-refractivity contribution >= 4 is 17.6 Å². The molecule has 34 heavy (non-hydrogen) atoms. The van der Waals surface area contributed by atoms with Crippen molar-refractivity contribution in [2.24, 2.45) is 7.05 Å². The lowest BCUT2D eigenvalue weighted by atomic mass is 9.99. The van der Waals surface area contributed by atoms with Gasteiger partial charge in [0.15, 0.2) is 0 Å². The summed E-state index contributed by atoms with van der Waals surface area (Å²) in [5.41, 5.74) is 1.06. The first kappa shape index (κ1) is 23.8. The number of hydrogen-bond donors (Lipinski definition) is 1. The van der Waals surface area contributed by atoms with Crippen LogP contribution < -0.4 is 11.1 Å². The summed E-state index contributed by atoms with van der Waals surface area (Å²) in [7, 11) is 1.38. The molecule has 0 spiro atoms. The van der Waals surface area contributed by atoms with E-state index in [0.29, 0.717) is 32.5 Å². The van der Waals surface area contributed by atoms with Gasteiger partial charge in [0.25, 0.3) is 5.89 Å². The number of halogens is 1. The van der Waals surface area contributed by atoms with Crippen LogP contribution in [0.25, 0.3) is 0 Å². The lowest BCUT2D eigenvalue weighted by Gasteiger charge is -2.30. The molecule has 4 rings (SSSR count). The Hall–Kier alpha value is -3.34. The normalized spacial score (nSPS) is 17.8. The maximum Gasteiger partial charge on any atom is 0.437 e. The number of benzene rings is 1. The number of fused-ring (bicyclic) bond motifs is 1. The number of nitrogens with one attached hydrogen (secondary N) is 1. The molecule has 2 aliphatic heterocycles. The van der Waals surface area contributed by atoms with E-state index in [4.69, 9.17) is 4.42 Å². The molecule has 182 valence electrons. The van der Waals surface area contributed by atoms with Crippen molar-refractivity contribution in [2.75, 3.05) is 13.1 Å². The van der Waals surface area contributed by atoms with Crippen molar-refractivity contribution in [3.05, 3.63) is 51.6 Å². The van der Waals surface area contributed by atoms with Crippen molar-refractivity contribution < 1.29 is 23.2 Å². The van der Waals surface area contributed by atoms with Crippen molar-refractivity contribution in [3.8, 4) is 0 Å². The number of nitrogens with zero attached hydrogens (tertiary/aromatic N) is 4. The average Bonchev–Trinajstić information content (AvgIpc) is 3.50. The quantitative estimate of drug-likeness (QED) is 0.596. The van der Waals surface area contributed by atoms with Crippen LogP contribution in [0.3, 0.4) is 0 Å². The third kappa shape index (κ3) is 4.93. The van der Waals surface area contributed by atoms with Gasteiger partial charge in [-0.25, -0.2) is 9.18 Å². The number of aryl methyl sites for hydroxylation is 1. The summed E-state index contributed by atoms with van der Waals surface area (Å²) in [4.78, 5) is 53.1. The molecular weight excluding hydrogens is 445 g/mol. The molecule has 1 fully saturated rings. The van der Waals surface area contributed by atoms with Gasteiger partial charge in [0, 0.05) is 38.6 Å². The van der Waals surface area contributed by atoms with Gasteiger partial charge in [0.05, 0.1) is 6.54 Å². The van der Waals surface area contributed by atoms with Gasteiger partial charge in [0.1, 0.15) is 11.9 Å². The molecule has 2 amide bonds. The number of carbonyl (C=O) groups is 3. The van der Waals surface area contributed by atoms with Gasteiger partial charge in [-0.2, -0.15) is 4.68 Å². The van der Waals surface area contributed by atoms with Crippen molar-refractivity contribution in [2.45, 2.75) is 57.8 Å². The summed E-state index contributed by atoms with van der Waals surface area (Å²) in [5, 5.41) is 6.92. The van der Waals surface area contributed by atoms with Crippen molar-refractivity contribution in [1.29, 1.82) is 0 Å². The predicted octanol–water partition coefficient (Wildman–Crippen LogP) is 0.987. The Labute approximate surface area is 195 Å². The first-order valence-corrected chi connectivity index (χ1v) is 11.2. The molecular formula is C23H28FN5O5. The van der Waals surface area contributed by atoms with Gasteiger partial charge in [-0.05, 0) is 49.9 Å². The standard InChI is InChI=1S/C23H28FN5O5/c1-23(2,10-18(30)28-12-14-6-7-16(24)9-15(14)13-28)25-11-19(31)29-8-4-5-17(29)20(32)21-26-27(3)22(33)34-21/h6-7,9,17,25H,4-5,8,10-13H2,1-3H3/t17-/m0/s1. The second-order valence-electron chi connectivity index (χ2n) is 9.48. The van der Waals surface area contributed by atoms with Gasteiger partial charge in [-0.1, -0.05) is 6.07 Å². The first-order valence-electron chi connectivity index (χ1n) is 11.2. The minimum atomic E-state index is -0.737. The zero-order valence-corrected chi connectivity index (χ0v) is 19.5. The minimum Gasteiger partial charge on any atom is -0.384 e. The third-order valence-electron chi connectivity index (χ3n) is 6.33. The topological polar surface area (TPSA) is 118 Å². The number of amides is 2. The van der Waals surface area contributed by atoms with Crippen molar-refractivity contribution in [1.82, 2.24) is 24.9 Å². The molecule has 1 aromatic heterocycles. The van der Waals surface area contributed by atoms with Gasteiger partial charge in [-0.15, -0.1) is 5.10 Å². The summed E-state index contributed by atoms with van der Waals surface area (Å²) in [6, 6.07) is 3.81. The third-order valence-corrected chi connectivity index (χ3v) is 6.33. The summed E-state index contributed by atoms with van der Waals surface area (Å²) < 4.78 is 19.3. The first-order chi connectivity index (χ1) is 16.0. The van der Waals surface area contributed by atoms with Crippen LogP contribution >= 0.6 is 0 Å². The van der Waals surface area contributed by atoms with Crippen LogP contribution in [0.5, 0.6) is 0 Å². The molecule has 2 aromatic rings. The zero-order chi connectivity index (χ0) is 24.6. The second-order valence-corrected chi connectivity index (χ2v) is 9.48. The molecule has 0 unspecified atom stereocenters. The summed E-state index contributed by atoms with van der Waals surface area (Å²) in [5.74, 6) is -2.23. The molecule has 11 heteroatoms. The highest BCUT2D eigenvalue weighted by Gasteiger charge is 2.37. The van der Waals surface area contributed by atoms with Crippen LogP contribution in [-0.4, -0.2) is 61.8 Å². The lowest BCUT2D eigenvalue weighted by molar-refractivity contribution is -0.134. The lowest BCUT2D eigenvalue weighted by Crippen LogP contribution is -2.50. The summed E-state index contributed by atoms with van der Waals surface area (Å²) >= 11 is 0. The van der Waals surface area contributed by atoms with Gasteiger partial charge in [-0.3, -0.25) is 14.4 Å². The SMILES string of the molecule is Cn1nc(C(=O)[C@@H]2CCCN2C(=O)CNC(C)(C)CC(=O)N2Cc3ccc(F)cc3C2)oc1=O. The maximum absolute atomic E-state index is 13.5. The Bertz CT molecular complexity index is 1190. The molecule has 0 bridgehead atoms. The molecule has 0 aliphatic carbocycles. The highest BCUT2D eigenvalue weighted by atomic mass is 19.1. The smallest absolute Gasteiger partial charge is 0.384 e. The summed E-state index contributed by atoms with van der Waals surface area (Å²) in [6.07, 6.45) is 1.26. The maximum atomic E-state index is 13.5. The fourth-order valence-electron chi connectivity index (χ4n) is 4.43. The van der Waals surface area contributed by atoms with E-state index in [1.165, 1.54) is 24.1 Å². The zero-order valence-electron chi connectivity index (χ0n) is 19.5. The van der Waals surface area contributed by atoms with Gasteiger partial charge < -0.3 is 19.5 Å². The minimum absolute atomic E-state index is 0.0539. The van der Waals surface area contributed by atoms with E-state index >= 15 is 0 Å². The van der Waals surface area contributed by atoms with E-state index in [9.17, 15) is 23.6 Å². The van der Waals surface area contributed by atoms with E-state index in [0.717, 1.165) is 15.8 Å². The largest absolute Gasteiger partial charge is 0.437 e. The van der Waals surface area contributed by atoms with Crippen LogP contribution in [0.1, 0.15) is 54.9 Å². The Morgan fingerprint density at radius 2 is 1.94 bits per heavy atom. The van der Waals surface area contributed by atoms with Crippen molar-refractivity contribution in [3.63, 3.8) is 0 Å². The molecule has 1 atom stereocenters. The molecule has 3 heterocycles. The van der Waals surface area contributed by atoms with Crippen LogP contribution in [0.4, 0.5) is 4.39 Å². The van der Waals surface area contributed by atoms with Crippen LogP contribution in [-0.2, 0) is 29.7 Å². The van der Waals surface area contributed by atoms with Crippen LogP contribution in [0, 0.1) is 5.82 Å². The molecule has 2 aliphatic rings. The average molecular weight is 474 g/mol. The van der Waals surface area contributed by atoms with Gasteiger partial charge >= 0.3 is 5.76 Å². The van der Waals surface area contributed by atoms with E-state index in [-0.39, 0.29) is 36.5 Å². The number of hydrogen-bond acceptors (Lipinski definition) is 7. The Kier molecular flexibility index (Phi) is 6.39. The van der Waals surface area contributed by atoms with E-state index in [1.54, 1.807) is 11.0 Å². The van der Waals surface area contributed by atoms with E-state index in [2.05, 4.69) is 10.4 Å². The van der Waals surface area contributed by atoms with Crippen LogP contribution in [0.2, 0.25) is 0 Å². The number of likely N-dealkylation sites (tertiary alicyclic amines) is 1.